The van der Waals surface area contributed by atoms with Gasteiger partial charge in [-0.15, -0.1) is 0 Å². The van der Waals surface area contributed by atoms with E-state index in [1.54, 1.807) is 25.2 Å². The zero-order chi connectivity index (χ0) is 10.6. The van der Waals surface area contributed by atoms with Crippen LogP contribution < -0.4 is 5.32 Å². The van der Waals surface area contributed by atoms with Crippen molar-refractivity contribution in [3.63, 3.8) is 0 Å². The molecule has 1 rings (SSSR count). The Morgan fingerprint density at radius 3 is 2.71 bits per heavy atom. The molecule has 0 saturated carbocycles. The molecule has 74 valence electrons. The maximum Gasteiger partial charge on any atom is 0.337 e. The van der Waals surface area contributed by atoms with Crippen LogP contribution in [-0.2, 0) is 4.74 Å². The quantitative estimate of drug-likeness (QED) is 0.581. The molecular weight excluding hydrogens is 182 g/mol. The van der Waals surface area contributed by atoms with E-state index in [0.717, 1.165) is 6.29 Å². The molecule has 1 aromatic carbocycles. The van der Waals surface area contributed by atoms with Gasteiger partial charge in [0.1, 0.15) is 0 Å². The Bertz CT molecular complexity index is 360. The first-order chi connectivity index (χ1) is 6.72. The Hall–Kier alpha value is -1.84. The lowest BCUT2D eigenvalue weighted by atomic mass is 10.1. The Labute approximate surface area is 81.9 Å². The maximum atomic E-state index is 11.1. The van der Waals surface area contributed by atoms with E-state index in [1.165, 1.54) is 7.11 Å². The van der Waals surface area contributed by atoms with Crippen molar-refractivity contribution in [3.8, 4) is 0 Å². The van der Waals surface area contributed by atoms with Gasteiger partial charge in [0.25, 0.3) is 0 Å². The molecule has 0 bridgehead atoms. The first kappa shape index (κ1) is 10.2. The van der Waals surface area contributed by atoms with Crippen LogP contribution in [0.2, 0.25) is 0 Å². The van der Waals surface area contributed by atoms with Gasteiger partial charge in [-0.2, -0.15) is 0 Å². The molecule has 1 N–H and O–H groups in total. The third-order valence-corrected chi connectivity index (χ3v) is 1.87. The first-order valence-electron chi connectivity index (χ1n) is 4.08. The molecule has 0 radical (unpaired) electrons. The maximum absolute atomic E-state index is 11.1. The fraction of sp³-hybridized carbons (Fsp3) is 0.200. The summed E-state index contributed by atoms with van der Waals surface area (Å²) in [5.41, 5.74) is 1.55. The third-order valence-electron chi connectivity index (χ3n) is 1.87. The van der Waals surface area contributed by atoms with Crippen LogP contribution in [0.1, 0.15) is 20.7 Å². The number of aldehydes is 1. The van der Waals surface area contributed by atoms with Crippen molar-refractivity contribution >= 4 is 17.9 Å². The van der Waals surface area contributed by atoms with Crippen molar-refractivity contribution in [2.75, 3.05) is 19.5 Å². The predicted molar refractivity (Wildman–Crippen MR) is 52.7 cm³/mol. The minimum atomic E-state index is -0.418. The Morgan fingerprint density at radius 1 is 1.50 bits per heavy atom. The number of carbonyl (C=O) groups excluding carboxylic acids is 2. The van der Waals surface area contributed by atoms with Crippen LogP contribution >= 0.6 is 0 Å². The standard InChI is InChI=1S/C10H11NO3/c1-11-9-5-7(10(13)14-2)3-4-8(9)6-12/h3-6,11H,1-2H3. The van der Waals surface area contributed by atoms with E-state index in [-0.39, 0.29) is 0 Å². The van der Waals surface area contributed by atoms with E-state index in [1.807, 2.05) is 0 Å². The summed E-state index contributed by atoms with van der Waals surface area (Å²) in [6.45, 7) is 0. The van der Waals surface area contributed by atoms with Crippen molar-refractivity contribution in [1.82, 2.24) is 0 Å². The Balaban J connectivity index is 3.13. The lowest BCUT2D eigenvalue weighted by molar-refractivity contribution is 0.0600. The third kappa shape index (κ3) is 1.90. The van der Waals surface area contributed by atoms with E-state index >= 15 is 0 Å². The summed E-state index contributed by atoms with van der Waals surface area (Å²) in [7, 11) is 3.00. The van der Waals surface area contributed by atoms with Crippen LogP contribution in [0.4, 0.5) is 5.69 Å². The van der Waals surface area contributed by atoms with E-state index in [0.29, 0.717) is 16.8 Å². The summed E-state index contributed by atoms with van der Waals surface area (Å²) in [5, 5.41) is 2.83. The summed E-state index contributed by atoms with van der Waals surface area (Å²) < 4.78 is 4.55. The van der Waals surface area contributed by atoms with Gasteiger partial charge < -0.3 is 10.1 Å². The molecule has 0 heterocycles. The monoisotopic (exact) mass is 193 g/mol. The molecule has 0 aliphatic heterocycles. The second kappa shape index (κ2) is 4.41. The van der Waals surface area contributed by atoms with Crippen molar-refractivity contribution in [2.24, 2.45) is 0 Å². The summed E-state index contributed by atoms with van der Waals surface area (Å²) >= 11 is 0. The molecule has 0 aliphatic rings. The predicted octanol–water partition coefficient (Wildman–Crippen LogP) is 1.33. The fourth-order valence-corrected chi connectivity index (χ4v) is 1.12. The van der Waals surface area contributed by atoms with Crippen LogP contribution in [0.5, 0.6) is 0 Å². The molecule has 0 aliphatic carbocycles. The van der Waals surface area contributed by atoms with Crippen molar-refractivity contribution in [2.45, 2.75) is 0 Å². The van der Waals surface area contributed by atoms with E-state index in [9.17, 15) is 9.59 Å². The lowest BCUT2D eigenvalue weighted by Gasteiger charge is -2.05. The number of hydrogen-bond acceptors (Lipinski definition) is 4. The second-order valence-corrected chi connectivity index (χ2v) is 2.66. The molecule has 0 amide bonds. The summed E-state index contributed by atoms with van der Waals surface area (Å²) in [5.74, 6) is -0.418. The molecule has 4 nitrogen and oxygen atoms in total. The van der Waals surface area contributed by atoms with Crippen molar-refractivity contribution in [1.29, 1.82) is 0 Å². The molecule has 0 fully saturated rings. The van der Waals surface area contributed by atoms with Gasteiger partial charge in [-0.1, -0.05) is 0 Å². The molecule has 0 aromatic heterocycles. The van der Waals surface area contributed by atoms with Gasteiger partial charge in [-0.25, -0.2) is 4.79 Å². The van der Waals surface area contributed by atoms with Gasteiger partial charge in [0.2, 0.25) is 0 Å². The van der Waals surface area contributed by atoms with E-state index in [4.69, 9.17) is 0 Å². The number of ether oxygens (including phenoxy) is 1. The SMILES string of the molecule is CNc1cc(C(=O)OC)ccc1C=O. The average Bonchev–Trinajstić information content (AvgIpc) is 2.26. The van der Waals surface area contributed by atoms with Gasteiger partial charge in [0, 0.05) is 18.3 Å². The molecular formula is C10H11NO3. The van der Waals surface area contributed by atoms with Gasteiger partial charge >= 0.3 is 5.97 Å². The minimum Gasteiger partial charge on any atom is -0.465 e. The fourth-order valence-electron chi connectivity index (χ4n) is 1.12. The van der Waals surface area contributed by atoms with Gasteiger partial charge in [-0.3, -0.25) is 4.79 Å². The number of hydrogen-bond donors (Lipinski definition) is 1. The summed E-state index contributed by atoms with van der Waals surface area (Å²) in [6.07, 6.45) is 0.729. The normalized spacial score (nSPS) is 9.29. The Kier molecular flexibility index (Phi) is 3.23. The smallest absolute Gasteiger partial charge is 0.337 e. The molecule has 0 spiro atoms. The zero-order valence-corrected chi connectivity index (χ0v) is 8.03. The highest BCUT2D eigenvalue weighted by Gasteiger charge is 2.08. The minimum absolute atomic E-state index is 0.418. The highest BCUT2D eigenvalue weighted by atomic mass is 16.5. The van der Waals surface area contributed by atoms with Crippen LogP contribution in [0.15, 0.2) is 18.2 Å². The highest BCUT2D eigenvalue weighted by molar-refractivity contribution is 5.93. The lowest BCUT2D eigenvalue weighted by Crippen LogP contribution is -2.03. The Morgan fingerprint density at radius 2 is 2.21 bits per heavy atom. The molecule has 0 atom stereocenters. The summed E-state index contributed by atoms with van der Waals surface area (Å²) in [6, 6.07) is 4.71. The van der Waals surface area contributed by atoms with Crippen LogP contribution in [0.25, 0.3) is 0 Å². The number of rotatable bonds is 3. The van der Waals surface area contributed by atoms with Crippen LogP contribution in [-0.4, -0.2) is 26.4 Å². The molecule has 14 heavy (non-hydrogen) atoms. The highest BCUT2D eigenvalue weighted by Crippen LogP contribution is 2.15. The number of anilines is 1. The topological polar surface area (TPSA) is 55.4 Å². The zero-order valence-electron chi connectivity index (χ0n) is 8.03. The first-order valence-corrected chi connectivity index (χ1v) is 4.08. The second-order valence-electron chi connectivity index (χ2n) is 2.66. The summed E-state index contributed by atoms with van der Waals surface area (Å²) in [4.78, 5) is 21.7. The molecule has 1 aromatic rings. The number of carbonyl (C=O) groups is 2. The number of nitrogens with one attached hydrogen (secondary N) is 1. The molecule has 0 saturated heterocycles. The van der Waals surface area contributed by atoms with Crippen LogP contribution in [0, 0.1) is 0 Å². The van der Waals surface area contributed by atoms with E-state index in [2.05, 4.69) is 10.1 Å². The van der Waals surface area contributed by atoms with Gasteiger partial charge in [0.15, 0.2) is 6.29 Å². The van der Waals surface area contributed by atoms with Gasteiger partial charge in [0.05, 0.1) is 12.7 Å². The van der Waals surface area contributed by atoms with Gasteiger partial charge in [-0.05, 0) is 18.2 Å². The molecule has 4 heteroatoms. The number of esters is 1. The van der Waals surface area contributed by atoms with Crippen LogP contribution in [0.3, 0.4) is 0 Å². The van der Waals surface area contributed by atoms with Crippen molar-refractivity contribution in [3.05, 3.63) is 29.3 Å². The largest absolute Gasteiger partial charge is 0.465 e. The number of benzene rings is 1. The van der Waals surface area contributed by atoms with Crippen molar-refractivity contribution < 1.29 is 14.3 Å². The molecule has 0 unspecified atom stereocenters. The average molecular weight is 193 g/mol. The number of methoxy groups -OCH3 is 1. The van der Waals surface area contributed by atoms with E-state index < -0.39 is 5.97 Å².